The number of nitrogens with zero attached hydrogens (tertiary/aromatic N) is 7. The second-order valence-electron chi connectivity index (χ2n) is 10.3. The third kappa shape index (κ3) is 4.21. The fraction of sp³-hybridized carbons (Fsp3) is 0.321. The number of hydrogen-bond acceptors (Lipinski definition) is 6. The number of hydrogen-bond donors (Lipinski definition) is 1. The van der Waals surface area contributed by atoms with Crippen molar-refractivity contribution in [1.29, 1.82) is 5.26 Å². The van der Waals surface area contributed by atoms with E-state index in [-0.39, 0.29) is 17.6 Å². The Morgan fingerprint density at radius 2 is 2.08 bits per heavy atom. The summed E-state index contributed by atoms with van der Waals surface area (Å²) in [4.78, 5) is 22.2. The van der Waals surface area contributed by atoms with Gasteiger partial charge in [-0.05, 0) is 42.5 Å². The van der Waals surface area contributed by atoms with Crippen molar-refractivity contribution in [2.45, 2.75) is 45.8 Å². The molecule has 0 atom stereocenters. The SMILES string of the molecule is CC(C)Cn1c(=O)nc(NC2CC2)c2c(-c3cc(C#N)cn3C)n(Cc3ccnc4c(Cl)cccc34)nc21. The van der Waals surface area contributed by atoms with Crippen LogP contribution in [0.15, 0.2) is 47.5 Å². The van der Waals surface area contributed by atoms with Gasteiger partial charge in [-0.25, -0.2) is 4.79 Å². The van der Waals surface area contributed by atoms with Gasteiger partial charge in [0.25, 0.3) is 0 Å². The lowest BCUT2D eigenvalue weighted by molar-refractivity contribution is 0.511. The van der Waals surface area contributed by atoms with Crippen molar-refractivity contribution in [2.24, 2.45) is 13.0 Å². The van der Waals surface area contributed by atoms with Crippen LogP contribution in [-0.2, 0) is 20.1 Å². The van der Waals surface area contributed by atoms with Crippen molar-refractivity contribution in [1.82, 2.24) is 28.9 Å². The molecule has 0 aliphatic heterocycles. The van der Waals surface area contributed by atoms with Crippen LogP contribution in [0.5, 0.6) is 0 Å². The first-order chi connectivity index (χ1) is 18.3. The lowest BCUT2D eigenvalue weighted by atomic mass is 10.1. The highest BCUT2D eigenvalue weighted by atomic mass is 35.5. The Bertz CT molecular complexity index is 1800. The summed E-state index contributed by atoms with van der Waals surface area (Å²) >= 11 is 6.45. The molecule has 0 saturated heterocycles. The lowest BCUT2D eigenvalue weighted by Crippen LogP contribution is -2.27. The molecule has 4 heterocycles. The summed E-state index contributed by atoms with van der Waals surface area (Å²) < 4.78 is 5.49. The number of nitriles is 1. The van der Waals surface area contributed by atoms with Gasteiger partial charge >= 0.3 is 5.69 Å². The molecule has 1 fully saturated rings. The Labute approximate surface area is 224 Å². The number of nitrogens with one attached hydrogen (secondary N) is 1. The number of fused-ring (bicyclic) bond motifs is 2. The molecule has 1 aliphatic rings. The van der Waals surface area contributed by atoms with E-state index in [9.17, 15) is 10.1 Å². The van der Waals surface area contributed by atoms with Crippen molar-refractivity contribution in [2.75, 3.05) is 5.32 Å². The van der Waals surface area contributed by atoms with E-state index in [1.807, 2.05) is 46.6 Å². The van der Waals surface area contributed by atoms with Crippen LogP contribution in [0.25, 0.3) is 33.3 Å². The zero-order valence-corrected chi connectivity index (χ0v) is 22.2. The molecule has 0 radical (unpaired) electrons. The van der Waals surface area contributed by atoms with E-state index < -0.39 is 0 Å². The average molecular weight is 527 g/mol. The molecule has 1 aliphatic carbocycles. The average Bonchev–Trinajstić information content (AvgIpc) is 3.51. The smallest absolute Gasteiger partial charge is 0.351 e. The van der Waals surface area contributed by atoms with Crippen LogP contribution in [0.1, 0.15) is 37.8 Å². The number of halogens is 1. The van der Waals surface area contributed by atoms with Gasteiger partial charge in [-0.15, -0.1) is 0 Å². The molecule has 4 aromatic heterocycles. The van der Waals surface area contributed by atoms with Crippen LogP contribution in [0.2, 0.25) is 5.02 Å². The van der Waals surface area contributed by atoms with Crippen LogP contribution >= 0.6 is 11.6 Å². The summed E-state index contributed by atoms with van der Waals surface area (Å²) in [6.07, 6.45) is 5.62. The molecule has 38 heavy (non-hydrogen) atoms. The van der Waals surface area contributed by atoms with Crippen molar-refractivity contribution < 1.29 is 0 Å². The largest absolute Gasteiger partial charge is 0.366 e. The molecule has 0 spiro atoms. The Balaban J connectivity index is 1.66. The van der Waals surface area contributed by atoms with E-state index in [4.69, 9.17) is 16.7 Å². The fourth-order valence-electron chi connectivity index (χ4n) is 4.95. The molecule has 192 valence electrons. The molecular weight excluding hydrogens is 500 g/mol. The molecule has 9 nitrogen and oxygen atoms in total. The predicted octanol–water partition coefficient (Wildman–Crippen LogP) is 4.95. The minimum Gasteiger partial charge on any atom is -0.366 e. The second kappa shape index (κ2) is 9.30. The highest BCUT2D eigenvalue weighted by Crippen LogP contribution is 2.36. The molecule has 10 heteroatoms. The topological polar surface area (TPSA) is 106 Å². The summed E-state index contributed by atoms with van der Waals surface area (Å²) in [5, 5.41) is 20.4. The molecular formula is C28H27ClN8O. The van der Waals surface area contributed by atoms with Gasteiger partial charge < -0.3 is 9.88 Å². The van der Waals surface area contributed by atoms with Gasteiger partial charge in [0.15, 0.2) is 5.65 Å². The van der Waals surface area contributed by atoms with Crippen LogP contribution in [0, 0.1) is 17.2 Å². The number of aromatic nitrogens is 6. The number of benzene rings is 1. The monoisotopic (exact) mass is 526 g/mol. The van der Waals surface area contributed by atoms with E-state index in [1.165, 1.54) is 0 Å². The van der Waals surface area contributed by atoms with Gasteiger partial charge in [-0.2, -0.15) is 15.3 Å². The van der Waals surface area contributed by atoms with Crippen molar-refractivity contribution >= 4 is 39.4 Å². The van der Waals surface area contributed by atoms with Crippen molar-refractivity contribution in [3.63, 3.8) is 0 Å². The summed E-state index contributed by atoms with van der Waals surface area (Å²) in [5.74, 6) is 0.760. The minimum atomic E-state index is -0.323. The van der Waals surface area contributed by atoms with Gasteiger partial charge in [0, 0.05) is 37.4 Å². The Morgan fingerprint density at radius 3 is 2.79 bits per heavy atom. The number of aryl methyl sites for hydroxylation is 1. The fourth-order valence-corrected chi connectivity index (χ4v) is 5.17. The highest BCUT2D eigenvalue weighted by molar-refractivity contribution is 6.35. The summed E-state index contributed by atoms with van der Waals surface area (Å²) in [6, 6.07) is 12.1. The van der Waals surface area contributed by atoms with Crippen molar-refractivity contribution in [3.05, 3.63) is 69.4 Å². The predicted molar refractivity (Wildman–Crippen MR) is 148 cm³/mol. The first kappa shape index (κ1) is 24.2. The van der Waals surface area contributed by atoms with Crippen LogP contribution < -0.4 is 11.0 Å². The molecule has 6 rings (SSSR count). The lowest BCUT2D eigenvalue weighted by Gasteiger charge is -2.13. The van der Waals surface area contributed by atoms with Gasteiger partial charge in [0.2, 0.25) is 0 Å². The molecule has 0 bridgehead atoms. The maximum absolute atomic E-state index is 13.2. The molecule has 1 N–H and O–H groups in total. The third-order valence-corrected chi connectivity index (χ3v) is 7.14. The quantitative estimate of drug-likeness (QED) is 0.321. The minimum absolute atomic E-state index is 0.222. The Kier molecular flexibility index (Phi) is 5.92. The van der Waals surface area contributed by atoms with Gasteiger partial charge in [0.05, 0.1) is 39.4 Å². The van der Waals surface area contributed by atoms with E-state index >= 15 is 0 Å². The molecule has 0 unspecified atom stereocenters. The number of para-hydroxylation sites is 1. The first-order valence-corrected chi connectivity index (χ1v) is 13.1. The molecule has 1 aromatic carbocycles. The third-order valence-electron chi connectivity index (χ3n) is 6.84. The van der Waals surface area contributed by atoms with Crippen LogP contribution in [0.4, 0.5) is 5.82 Å². The van der Waals surface area contributed by atoms with E-state index in [0.29, 0.717) is 35.1 Å². The Morgan fingerprint density at radius 1 is 1.26 bits per heavy atom. The summed E-state index contributed by atoms with van der Waals surface area (Å²) in [7, 11) is 1.91. The zero-order valence-electron chi connectivity index (χ0n) is 21.4. The summed E-state index contributed by atoms with van der Waals surface area (Å²) in [5.41, 5.74) is 4.13. The molecule has 1 saturated carbocycles. The highest BCUT2D eigenvalue weighted by Gasteiger charge is 2.28. The summed E-state index contributed by atoms with van der Waals surface area (Å²) in [6.45, 7) is 5.04. The number of pyridine rings is 1. The second-order valence-corrected chi connectivity index (χ2v) is 10.7. The van der Waals surface area contributed by atoms with E-state index in [1.54, 1.807) is 17.0 Å². The van der Waals surface area contributed by atoms with Gasteiger partial charge in [-0.3, -0.25) is 14.2 Å². The standard InChI is InChI=1S/C28H27ClN8O/c1-16(2)13-36-27-23(26(33-28(36)38)32-19-7-8-19)25(22-11-17(12-30)14-35(22)3)37(34-27)15-18-9-10-31-24-20(18)5-4-6-21(24)29/h4-6,9-11,14,16,19H,7-8,13,15H2,1-3H3,(H,32,33,38). The Hall–Kier alpha value is -4.16. The molecule has 5 aromatic rings. The maximum atomic E-state index is 13.2. The van der Waals surface area contributed by atoms with Gasteiger partial charge in [-0.1, -0.05) is 37.6 Å². The van der Waals surface area contributed by atoms with Crippen molar-refractivity contribution in [3.8, 4) is 17.5 Å². The normalized spacial score (nSPS) is 13.5. The van der Waals surface area contributed by atoms with Crippen LogP contribution in [-0.4, -0.2) is 34.9 Å². The number of rotatable bonds is 7. The van der Waals surface area contributed by atoms with E-state index in [2.05, 4.69) is 35.2 Å². The maximum Gasteiger partial charge on any atom is 0.351 e. The molecule has 0 amide bonds. The van der Waals surface area contributed by atoms with E-state index in [0.717, 1.165) is 46.1 Å². The van der Waals surface area contributed by atoms with Crippen LogP contribution in [0.3, 0.4) is 0 Å². The number of anilines is 1. The first-order valence-electron chi connectivity index (χ1n) is 12.7. The van der Waals surface area contributed by atoms with Gasteiger partial charge in [0.1, 0.15) is 11.9 Å². The zero-order chi connectivity index (χ0) is 26.6.